The molecule has 3 N–H and O–H groups in total. The number of aliphatic carboxylic acids is 1. The SMILES string of the molecule is NS(=O)(=O)c1ccccc1Sc1nc(CC(=O)O)cs1. The minimum absolute atomic E-state index is 0.0278. The second kappa shape index (κ2) is 5.92. The zero-order valence-electron chi connectivity index (χ0n) is 10.0. The first kappa shape index (κ1) is 15.0. The third-order valence-corrected chi connectivity index (χ3v) is 5.38. The van der Waals surface area contributed by atoms with Crippen molar-refractivity contribution in [3.05, 3.63) is 35.3 Å². The molecule has 0 aliphatic carbocycles. The van der Waals surface area contributed by atoms with Gasteiger partial charge in [0.1, 0.15) is 0 Å². The van der Waals surface area contributed by atoms with Crippen molar-refractivity contribution in [3.63, 3.8) is 0 Å². The van der Waals surface area contributed by atoms with Crippen molar-refractivity contribution in [2.75, 3.05) is 0 Å². The molecular formula is C11H10N2O4S3. The molecule has 1 aromatic heterocycles. The molecule has 106 valence electrons. The number of hydrogen-bond acceptors (Lipinski definition) is 6. The Balaban J connectivity index is 2.27. The number of benzene rings is 1. The van der Waals surface area contributed by atoms with Gasteiger partial charge in [-0.2, -0.15) is 0 Å². The number of carboxylic acids is 1. The van der Waals surface area contributed by atoms with Crippen LogP contribution in [0.5, 0.6) is 0 Å². The Morgan fingerprint density at radius 2 is 2.10 bits per heavy atom. The van der Waals surface area contributed by atoms with Gasteiger partial charge in [0.2, 0.25) is 10.0 Å². The Bertz CT molecular complexity index is 740. The molecule has 2 aromatic rings. The molecule has 0 unspecified atom stereocenters. The average Bonchev–Trinajstić information content (AvgIpc) is 2.75. The first-order chi connectivity index (χ1) is 9.36. The summed E-state index contributed by atoms with van der Waals surface area (Å²) in [5.41, 5.74) is 0.443. The maximum Gasteiger partial charge on any atom is 0.309 e. The molecule has 1 heterocycles. The van der Waals surface area contributed by atoms with E-state index in [9.17, 15) is 13.2 Å². The summed E-state index contributed by atoms with van der Waals surface area (Å²) in [6.45, 7) is 0. The molecule has 0 atom stereocenters. The molecule has 0 bridgehead atoms. The largest absolute Gasteiger partial charge is 0.481 e. The number of primary sulfonamides is 1. The first-order valence-electron chi connectivity index (χ1n) is 5.32. The summed E-state index contributed by atoms with van der Waals surface area (Å²) in [5.74, 6) is -0.961. The number of carboxylic acid groups (broad SMARTS) is 1. The van der Waals surface area contributed by atoms with Crippen LogP contribution in [0.25, 0.3) is 0 Å². The van der Waals surface area contributed by atoms with Crippen molar-refractivity contribution in [1.29, 1.82) is 0 Å². The van der Waals surface area contributed by atoms with E-state index in [1.165, 1.54) is 17.4 Å². The molecule has 0 saturated carbocycles. The van der Waals surface area contributed by atoms with E-state index in [4.69, 9.17) is 10.2 Å². The van der Waals surface area contributed by atoms with E-state index in [2.05, 4.69) is 4.98 Å². The van der Waals surface area contributed by atoms with Crippen molar-refractivity contribution >= 4 is 39.1 Å². The van der Waals surface area contributed by atoms with Gasteiger partial charge in [-0.25, -0.2) is 18.5 Å². The summed E-state index contributed by atoms with van der Waals surface area (Å²) in [6, 6.07) is 6.33. The van der Waals surface area contributed by atoms with Crippen LogP contribution < -0.4 is 5.14 Å². The second-order valence-electron chi connectivity index (χ2n) is 3.77. The van der Waals surface area contributed by atoms with Crippen molar-refractivity contribution in [2.45, 2.75) is 20.6 Å². The van der Waals surface area contributed by atoms with Crippen LogP contribution in [-0.4, -0.2) is 24.5 Å². The van der Waals surface area contributed by atoms with Crippen molar-refractivity contribution < 1.29 is 18.3 Å². The number of nitrogens with two attached hydrogens (primary N) is 1. The smallest absolute Gasteiger partial charge is 0.309 e. The Labute approximate surface area is 123 Å². The van der Waals surface area contributed by atoms with Crippen molar-refractivity contribution in [1.82, 2.24) is 4.98 Å². The lowest BCUT2D eigenvalue weighted by Crippen LogP contribution is -2.13. The van der Waals surface area contributed by atoms with Gasteiger partial charge in [0.25, 0.3) is 0 Å². The second-order valence-corrected chi connectivity index (χ2v) is 7.45. The van der Waals surface area contributed by atoms with Crippen LogP contribution in [0.2, 0.25) is 0 Å². The van der Waals surface area contributed by atoms with E-state index in [0.29, 0.717) is 14.9 Å². The highest BCUT2D eigenvalue weighted by Crippen LogP contribution is 2.34. The summed E-state index contributed by atoms with van der Waals surface area (Å²) in [7, 11) is -3.80. The van der Waals surface area contributed by atoms with Crippen LogP contribution in [0.3, 0.4) is 0 Å². The molecule has 6 nitrogen and oxygen atoms in total. The van der Waals surface area contributed by atoms with Gasteiger partial charge in [-0.3, -0.25) is 4.79 Å². The molecular weight excluding hydrogens is 320 g/mol. The number of rotatable bonds is 5. The highest BCUT2D eigenvalue weighted by molar-refractivity contribution is 8.01. The Hall–Kier alpha value is -1.42. The van der Waals surface area contributed by atoms with E-state index in [-0.39, 0.29) is 11.3 Å². The number of carbonyl (C=O) groups is 1. The fourth-order valence-corrected chi connectivity index (χ4v) is 4.34. The van der Waals surface area contributed by atoms with Crippen molar-refractivity contribution in [2.24, 2.45) is 5.14 Å². The molecule has 1 aromatic carbocycles. The summed E-state index contributed by atoms with van der Waals surface area (Å²) in [6.07, 6.45) is -0.159. The number of thiazole rings is 1. The van der Waals surface area contributed by atoms with Gasteiger partial charge in [0, 0.05) is 10.3 Å². The lowest BCUT2D eigenvalue weighted by molar-refractivity contribution is -0.136. The first-order valence-corrected chi connectivity index (χ1v) is 8.56. The Kier molecular flexibility index (Phi) is 4.43. The van der Waals surface area contributed by atoms with Gasteiger partial charge in [0.15, 0.2) is 4.34 Å². The van der Waals surface area contributed by atoms with Gasteiger partial charge in [-0.05, 0) is 12.1 Å². The quantitative estimate of drug-likeness (QED) is 0.861. The molecule has 20 heavy (non-hydrogen) atoms. The van der Waals surface area contributed by atoms with Crippen LogP contribution in [0.4, 0.5) is 0 Å². The summed E-state index contributed by atoms with van der Waals surface area (Å²) in [5, 5.41) is 15.5. The summed E-state index contributed by atoms with van der Waals surface area (Å²) < 4.78 is 23.5. The standard InChI is InChI=1S/C11H10N2O4S3/c12-20(16,17)9-4-2-1-3-8(9)19-11-13-7(6-18-11)5-10(14)15/h1-4,6H,5H2,(H,14,15)(H2,12,16,17). The summed E-state index contributed by atoms with van der Waals surface area (Å²) in [4.78, 5) is 15.2. The average molecular weight is 330 g/mol. The third-order valence-electron chi connectivity index (χ3n) is 2.22. The van der Waals surface area contributed by atoms with Crippen LogP contribution in [-0.2, 0) is 21.2 Å². The van der Waals surface area contributed by atoms with Gasteiger partial charge in [-0.1, -0.05) is 23.9 Å². The fraction of sp³-hybridized carbons (Fsp3) is 0.0909. The van der Waals surface area contributed by atoms with Crippen LogP contribution >= 0.6 is 23.1 Å². The lowest BCUT2D eigenvalue weighted by Gasteiger charge is -2.04. The maximum atomic E-state index is 11.5. The van der Waals surface area contributed by atoms with E-state index < -0.39 is 16.0 Å². The third kappa shape index (κ3) is 3.79. The number of hydrogen-bond donors (Lipinski definition) is 2. The van der Waals surface area contributed by atoms with Gasteiger partial charge in [0.05, 0.1) is 17.0 Å². The number of aromatic nitrogens is 1. The van der Waals surface area contributed by atoms with Crippen LogP contribution in [0.15, 0.2) is 43.8 Å². The predicted molar refractivity (Wildman–Crippen MR) is 75.4 cm³/mol. The highest BCUT2D eigenvalue weighted by atomic mass is 32.2. The normalized spacial score (nSPS) is 11.4. The minimum atomic E-state index is -3.80. The Morgan fingerprint density at radius 3 is 2.75 bits per heavy atom. The summed E-state index contributed by atoms with van der Waals surface area (Å²) >= 11 is 2.40. The molecule has 0 saturated heterocycles. The molecule has 0 aliphatic heterocycles. The van der Waals surface area contributed by atoms with Crippen molar-refractivity contribution in [3.8, 4) is 0 Å². The molecule has 2 rings (SSSR count). The maximum absolute atomic E-state index is 11.5. The topological polar surface area (TPSA) is 110 Å². The highest BCUT2D eigenvalue weighted by Gasteiger charge is 2.15. The molecule has 0 aliphatic rings. The fourth-order valence-electron chi connectivity index (χ4n) is 1.44. The predicted octanol–water partition coefficient (Wildman–Crippen LogP) is 1.57. The van der Waals surface area contributed by atoms with E-state index in [0.717, 1.165) is 11.8 Å². The lowest BCUT2D eigenvalue weighted by atomic mass is 10.3. The van der Waals surface area contributed by atoms with E-state index in [1.807, 2.05) is 0 Å². The molecule has 0 spiro atoms. The van der Waals surface area contributed by atoms with Gasteiger partial charge < -0.3 is 5.11 Å². The monoisotopic (exact) mass is 330 g/mol. The number of sulfonamides is 1. The molecule has 0 fully saturated rings. The minimum Gasteiger partial charge on any atom is -0.481 e. The number of nitrogens with zero attached hydrogens (tertiary/aromatic N) is 1. The van der Waals surface area contributed by atoms with E-state index in [1.54, 1.807) is 23.6 Å². The zero-order chi connectivity index (χ0) is 14.8. The molecule has 0 radical (unpaired) electrons. The van der Waals surface area contributed by atoms with Crippen LogP contribution in [0.1, 0.15) is 5.69 Å². The molecule has 0 amide bonds. The van der Waals surface area contributed by atoms with Gasteiger partial charge >= 0.3 is 5.97 Å². The van der Waals surface area contributed by atoms with Gasteiger partial charge in [-0.15, -0.1) is 11.3 Å². The molecule has 9 heteroatoms. The Morgan fingerprint density at radius 1 is 1.40 bits per heavy atom. The van der Waals surface area contributed by atoms with Crippen LogP contribution in [0, 0.1) is 0 Å². The van der Waals surface area contributed by atoms with E-state index >= 15 is 0 Å². The zero-order valence-corrected chi connectivity index (χ0v) is 12.5.